The zero-order chi connectivity index (χ0) is 11.0. The number of nitrogens with zero attached hydrogens (tertiary/aromatic N) is 1. The van der Waals surface area contributed by atoms with Crippen molar-refractivity contribution in [3.8, 4) is 6.19 Å². The van der Waals surface area contributed by atoms with Crippen LogP contribution in [0, 0.1) is 11.5 Å². The number of phosphoric acid groups is 1. The fraction of sp³-hybridized carbons (Fsp3) is 0.833. The average molecular weight is 243 g/mol. The van der Waals surface area contributed by atoms with E-state index in [4.69, 9.17) is 21.8 Å². The Morgan fingerprint density at radius 3 is 2.79 bits per heavy atom. The monoisotopic (exact) mass is 242 g/mol. The molecule has 1 fully saturated rings. The summed E-state index contributed by atoms with van der Waals surface area (Å²) in [7, 11) is -3.85. The molecule has 1 heterocycles. The van der Waals surface area contributed by atoms with Gasteiger partial charge in [0.05, 0.1) is 6.61 Å². The molecule has 0 saturated carbocycles. The van der Waals surface area contributed by atoms with Crippen molar-refractivity contribution in [2.24, 2.45) is 5.73 Å². The fourth-order valence-electron chi connectivity index (χ4n) is 0.814. The molecular weight excluding hydrogens is 231 g/mol. The van der Waals surface area contributed by atoms with Gasteiger partial charge >= 0.3 is 7.82 Å². The van der Waals surface area contributed by atoms with Crippen LogP contribution in [0.3, 0.4) is 0 Å². The van der Waals surface area contributed by atoms with E-state index in [2.05, 4.69) is 14.8 Å². The summed E-state index contributed by atoms with van der Waals surface area (Å²) >= 11 is 5.54. The Bertz CT molecular complexity index is 244. The quantitative estimate of drug-likeness (QED) is 0.287. The second kappa shape index (κ2) is 7.04. The van der Waals surface area contributed by atoms with Crippen LogP contribution in [-0.4, -0.2) is 17.1 Å². The van der Waals surface area contributed by atoms with Gasteiger partial charge in [-0.2, -0.15) is 5.26 Å². The van der Waals surface area contributed by atoms with E-state index >= 15 is 0 Å². The smallest absolute Gasteiger partial charge is 0.337 e. The first-order chi connectivity index (χ1) is 6.52. The van der Waals surface area contributed by atoms with E-state index in [1.54, 1.807) is 0 Å². The molecule has 82 valence electrons. The lowest BCUT2D eigenvalue weighted by atomic mass is 10.2. The number of nitriles is 1. The predicted octanol–water partition coefficient (Wildman–Crippen LogP) is 1.29. The van der Waals surface area contributed by atoms with E-state index in [0.717, 1.165) is 12.8 Å². The molecule has 1 rings (SSSR count). The first kappa shape index (κ1) is 13.7. The average Bonchev–Trinajstić information content (AvgIpc) is 2.01. The Morgan fingerprint density at radius 1 is 1.64 bits per heavy atom. The molecule has 8 heteroatoms. The van der Waals surface area contributed by atoms with Crippen molar-refractivity contribution >= 4 is 19.4 Å². The summed E-state index contributed by atoms with van der Waals surface area (Å²) in [5.41, 5.74) is 3.45. The number of hydrogen-bond donors (Lipinski definition) is 2. The van der Waals surface area contributed by atoms with Crippen LogP contribution in [0.25, 0.3) is 0 Å². The molecule has 0 amide bonds. The number of rotatable bonds is 0. The molecule has 0 bridgehead atoms. The summed E-state index contributed by atoms with van der Waals surface area (Å²) in [6.07, 6.45) is 3.45. The van der Waals surface area contributed by atoms with Crippen molar-refractivity contribution in [3.63, 3.8) is 0 Å². The lowest BCUT2D eigenvalue weighted by Gasteiger charge is -2.18. The van der Waals surface area contributed by atoms with Gasteiger partial charge in [-0.25, -0.2) is 4.57 Å². The Balaban J connectivity index is 0.000000500. The minimum Gasteiger partial charge on any atom is -0.337 e. The number of nitrogens with two attached hydrogens (primary N) is 1. The molecule has 0 aromatic heterocycles. The number of phosphoric ester groups is 1. The maximum atomic E-state index is 10.8. The van der Waals surface area contributed by atoms with Crippen LogP contribution < -0.4 is 5.73 Å². The van der Waals surface area contributed by atoms with E-state index in [1.165, 1.54) is 6.19 Å². The van der Waals surface area contributed by atoms with E-state index in [-0.39, 0.29) is 6.61 Å². The van der Waals surface area contributed by atoms with Crippen LogP contribution in [0.5, 0.6) is 0 Å². The SMILES string of the molecule is N#CN.O=P1(O)OCCCCC(Cl)O1. The van der Waals surface area contributed by atoms with Crippen LogP contribution in [0.2, 0.25) is 0 Å². The number of alkyl halides is 1. The third kappa shape index (κ3) is 7.13. The third-order valence-electron chi connectivity index (χ3n) is 1.33. The number of halogens is 1. The minimum absolute atomic E-state index is 0.261. The maximum absolute atomic E-state index is 10.8. The Labute approximate surface area is 87.2 Å². The molecule has 2 unspecified atom stereocenters. The standard InChI is InChI=1S/C5H10ClO4P.CH2N2/c6-5-3-1-2-4-9-11(7,8)10-5;2-1-3/h5H,1-4H2,(H,7,8);2H2. The topological polar surface area (TPSA) is 106 Å². The molecule has 6 nitrogen and oxygen atoms in total. The van der Waals surface area contributed by atoms with Gasteiger partial charge in [0.25, 0.3) is 0 Å². The van der Waals surface area contributed by atoms with Gasteiger partial charge in [0.1, 0.15) is 5.56 Å². The highest BCUT2D eigenvalue weighted by Gasteiger charge is 2.26. The first-order valence-corrected chi connectivity index (χ1v) is 5.84. The molecule has 0 aromatic rings. The Hall–Kier alpha value is -0.310. The van der Waals surface area contributed by atoms with E-state index in [1.807, 2.05) is 0 Å². The van der Waals surface area contributed by atoms with Crippen LogP contribution in [0.1, 0.15) is 19.3 Å². The first-order valence-electron chi connectivity index (χ1n) is 3.91. The normalized spacial score (nSPS) is 32.8. The van der Waals surface area contributed by atoms with Crippen molar-refractivity contribution in [1.82, 2.24) is 0 Å². The maximum Gasteiger partial charge on any atom is 0.473 e. The predicted molar refractivity (Wildman–Crippen MR) is 50.2 cm³/mol. The molecule has 1 aliphatic heterocycles. The van der Waals surface area contributed by atoms with Gasteiger partial charge in [-0.1, -0.05) is 11.6 Å². The van der Waals surface area contributed by atoms with Crippen LogP contribution >= 0.6 is 19.4 Å². The molecule has 0 radical (unpaired) electrons. The summed E-state index contributed by atoms with van der Waals surface area (Å²) in [6, 6.07) is 0. The summed E-state index contributed by atoms with van der Waals surface area (Å²) in [5.74, 6) is 0. The summed E-state index contributed by atoms with van der Waals surface area (Å²) in [4.78, 5) is 8.88. The lowest BCUT2D eigenvalue weighted by molar-refractivity contribution is 0.115. The molecule has 0 aromatic carbocycles. The van der Waals surface area contributed by atoms with Crippen LogP contribution in [-0.2, 0) is 13.6 Å². The highest BCUT2D eigenvalue weighted by atomic mass is 35.5. The second-order valence-corrected chi connectivity index (χ2v) is 4.34. The van der Waals surface area contributed by atoms with Crippen molar-refractivity contribution in [1.29, 1.82) is 5.26 Å². The molecule has 3 N–H and O–H groups in total. The fourth-order valence-corrected chi connectivity index (χ4v) is 2.09. The van der Waals surface area contributed by atoms with Crippen molar-refractivity contribution < 1.29 is 18.5 Å². The highest BCUT2D eigenvalue weighted by Crippen LogP contribution is 2.47. The molecule has 1 aliphatic rings. The van der Waals surface area contributed by atoms with Gasteiger partial charge in [-0.3, -0.25) is 9.05 Å². The van der Waals surface area contributed by atoms with E-state index in [9.17, 15) is 4.57 Å². The largest absolute Gasteiger partial charge is 0.473 e. The minimum atomic E-state index is -3.85. The van der Waals surface area contributed by atoms with Gasteiger partial charge in [-0.05, 0) is 19.3 Å². The Kier molecular flexibility index (Phi) is 6.89. The third-order valence-corrected chi connectivity index (χ3v) is 2.79. The van der Waals surface area contributed by atoms with Gasteiger partial charge in [0.2, 0.25) is 0 Å². The molecule has 1 saturated heterocycles. The van der Waals surface area contributed by atoms with Crippen LogP contribution in [0.4, 0.5) is 0 Å². The van der Waals surface area contributed by atoms with Crippen molar-refractivity contribution in [2.45, 2.75) is 24.8 Å². The van der Waals surface area contributed by atoms with Crippen molar-refractivity contribution in [2.75, 3.05) is 6.61 Å². The zero-order valence-corrected chi connectivity index (χ0v) is 9.08. The molecule has 2 atom stereocenters. The van der Waals surface area contributed by atoms with Gasteiger partial charge in [0.15, 0.2) is 6.19 Å². The summed E-state index contributed by atoms with van der Waals surface area (Å²) < 4.78 is 19.9. The summed E-state index contributed by atoms with van der Waals surface area (Å²) in [5, 5.41) is 7.10. The second-order valence-electron chi connectivity index (χ2n) is 2.44. The zero-order valence-electron chi connectivity index (χ0n) is 7.43. The van der Waals surface area contributed by atoms with Crippen LogP contribution in [0.15, 0.2) is 0 Å². The summed E-state index contributed by atoms with van der Waals surface area (Å²) in [6.45, 7) is 0.261. The Morgan fingerprint density at radius 2 is 2.21 bits per heavy atom. The van der Waals surface area contributed by atoms with Gasteiger partial charge in [-0.15, -0.1) is 0 Å². The molecule has 14 heavy (non-hydrogen) atoms. The van der Waals surface area contributed by atoms with E-state index in [0.29, 0.717) is 6.42 Å². The molecular formula is C6H12ClN2O4P. The molecule has 0 aliphatic carbocycles. The molecule has 0 spiro atoms. The highest BCUT2D eigenvalue weighted by molar-refractivity contribution is 7.47. The van der Waals surface area contributed by atoms with Crippen molar-refractivity contribution in [3.05, 3.63) is 0 Å². The number of hydrogen-bond acceptors (Lipinski definition) is 5. The van der Waals surface area contributed by atoms with E-state index < -0.39 is 13.4 Å². The van der Waals surface area contributed by atoms with Gasteiger partial charge < -0.3 is 10.6 Å². The van der Waals surface area contributed by atoms with Gasteiger partial charge in [0, 0.05) is 0 Å². The lowest BCUT2D eigenvalue weighted by Crippen LogP contribution is -2.09.